The number of hydrogen-bond donors (Lipinski definition) is 5. The number of hydrogen-bond acceptors (Lipinski definition) is 9. The molecule has 17 heteroatoms. The maximum atomic E-state index is 13.2. The van der Waals surface area contributed by atoms with E-state index in [4.69, 9.17) is 4.74 Å². The molecule has 5 amide bonds. The molecule has 3 rings (SSSR count). The van der Waals surface area contributed by atoms with Gasteiger partial charge in [-0.2, -0.15) is 13.2 Å². The summed E-state index contributed by atoms with van der Waals surface area (Å²) >= 11 is 0. The number of carbonyl (C=O) groups is 6. The number of alkyl halides is 3. The van der Waals surface area contributed by atoms with Gasteiger partial charge in [-0.05, 0) is 31.8 Å². The van der Waals surface area contributed by atoms with Gasteiger partial charge in [0.15, 0.2) is 0 Å². The molecule has 5 N–H and O–H groups in total. The summed E-state index contributed by atoms with van der Waals surface area (Å²) in [7, 11) is 2.71. The summed E-state index contributed by atoms with van der Waals surface area (Å²) < 4.78 is 42.7. The number of carbonyl (C=O) groups excluding carboxylic acids is 6. The molecule has 12 nitrogen and oxygen atoms in total. The summed E-state index contributed by atoms with van der Waals surface area (Å²) in [4.78, 5) is 76.4. The van der Waals surface area contributed by atoms with Gasteiger partial charge in [0.05, 0.1) is 6.42 Å². The SMILES string of the molecule is O=C(CC[C@H]1NC(=O)C[C@@H]2/C=C/CCSSC[C@H](NC1=O)C(=O)NC1(CC1)C(=O)NCC(=O)O2)NCC(F)(F)F. The molecule has 222 valence electrons. The quantitative estimate of drug-likeness (QED) is 0.165. The number of allylic oxidation sites excluding steroid dienone is 1. The Kier molecular flexibility index (Phi) is 11.1. The van der Waals surface area contributed by atoms with Crippen LogP contribution < -0.4 is 26.6 Å². The first-order valence-corrected chi connectivity index (χ1v) is 15.0. The van der Waals surface area contributed by atoms with E-state index in [9.17, 15) is 41.9 Å². The van der Waals surface area contributed by atoms with Gasteiger partial charge in [0.25, 0.3) is 0 Å². The molecule has 1 saturated carbocycles. The van der Waals surface area contributed by atoms with E-state index in [0.29, 0.717) is 25.0 Å². The lowest BCUT2D eigenvalue weighted by Gasteiger charge is -2.26. The average Bonchev–Trinajstić information content (AvgIpc) is 3.65. The van der Waals surface area contributed by atoms with Crippen molar-refractivity contribution in [2.45, 2.75) is 68.4 Å². The first kappa shape index (κ1) is 31.6. The Morgan fingerprint density at radius 1 is 1.10 bits per heavy atom. The Morgan fingerprint density at radius 2 is 1.85 bits per heavy atom. The predicted octanol–water partition coefficient (Wildman–Crippen LogP) is -0.163. The number of ether oxygens (including phenoxy) is 1. The molecule has 3 atom stereocenters. The molecular formula is C23H30F3N5O7S2. The highest BCUT2D eigenvalue weighted by molar-refractivity contribution is 8.76. The van der Waals surface area contributed by atoms with Gasteiger partial charge in [-0.25, -0.2) is 0 Å². The lowest BCUT2D eigenvalue weighted by Crippen LogP contribution is -2.59. The minimum absolute atomic E-state index is 0.0978. The number of halogens is 3. The fourth-order valence-corrected chi connectivity index (χ4v) is 5.96. The van der Waals surface area contributed by atoms with E-state index in [-0.39, 0.29) is 12.2 Å². The van der Waals surface area contributed by atoms with Crippen LogP contribution in [0.4, 0.5) is 13.2 Å². The minimum atomic E-state index is -4.63. The van der Waals surface area contributed by atoms with Crippen LogP contribution in [-0.4, -0.2) is 90.0 Å². The van der Waals surface area contributed by atoms with Gasteiger partial charge in [-0.3, -0.25) is 28.8 Å². The summed E-state index contributed by atoms with van der Waals surface area (Å²) in [5.41, 5.74) is -1.24. The molecule has 0 unspecified atom stereocenters. The smallest absolute Gasteiger partial charge is 0.405 e. The van der Waals surface area contributed by atoms with Crippen molar-refractivity contribution in [1.82, 2.24) is 26.6 Å². The summed E-state index contributed by atoms with van der Waals surface area (Å²) in [5, 5.41) is 11.8. The predicted molar refractivity (Wildman–Crippen MR) is 138 cm³/mol. The van der Waals surface area contributed by atoms with Crippen LogP contribution in [0.25, 0.3) is 0 Å². The molecule has 2 aliphatic heterocycles. The van der Waals surface area contributed by atoms with Crippen molar-refractivity contribution in [2.24, 2.45) is 0 Å². The van der Waals surface area contributed by atoms with Crippen molar-refractivity contribution in [1.29, 1.82) is 0 Å². The van der Waals surface area contributed by atoms with Crippen molar-refractivity contribution in [3.8, 4) is 0 Å². The summed E-state index contributed by atoms with van der Waals surface area (Å²) in [6, 6.07) is -2.53. The molecule has 0 aromatic heterocycles. The summed E-state index contributed by atoms with van der Waals surface area (Å²) in [6.45, 7) is -2.05. The van der Waals surface area contributed by atoms with Crippen LogP contribution in [0.5, 0.6) is 0 Å². The van der Waals surface area contributed by atoms with Gasteiger partial charge in [0, 0.05) is 17.9 Å². The van der Waals surface area contributed by atoms with Crippen molar-refractivity contribution in [3.05, 3.63) is 12.2 Å². The van der Waals surface area contributed by atoms with E-state index >= 15 is 0 Å². The highest BCUT2D eigenvalue weighted by atomic mass is 33.1. The zero-order valence-corrected chi connectivity index (χ0v) is 22.9. The maximum absolute atomic E-state index is 13.2. The van der Waals surface area contributed by atoms with Crippen LogP contribution in [0, 0.1) is 0 Å². The first-order chi connectivity index (χ1) is 18.9. The number of nitrogens with one attached hydrogen (secondary N) is 5. The molecule has 0 aromatic rings. The second-order valence-corrected chi connectivity index (χ2v) is 12.0. The maximum Gasteiger partial charge on any atom is 0.405 e. The van der Waals surface area contributed by atoms with Gasteiger partial charge >= 0.3 is 12.1 Å². The molecule has 2 bridgehead atoms. The van der Waals surface area contributed by atoms with Crippen LogP contribution in [0.3, 0.4) is 0 Å². The molecule has 1 saturated heterocycles. The van der Waals surface area contributed by atoms with Crippen molar-refractivity contribution in [3.63, 3.8) is 0 Å². The first-order valence-electron chi connectivity index (χ1n) is 12.5. The zero-order valence-electron chi connectivity index (χ0n) is 21.3. The van der Waals surface area contributed by atoms with Gasteiger partial charge < -0.3 is 31.3 Å². The molecule has 1 aliphatic carbocycles. The topological polar surface area (TPSA) is 172 Å². The zero-order chi connectivity index (χ0) is 29.3. The van der Waals surface area contributed by atoms with Crippen LogP contribution in [-0.2, 0) is 33.5 Å². The van der Waals surface area contributed by atoms with E-state index in [0.717, 1.165) is 0 Å². The number of esters is 1. The average molecular weight is 610 g/mol. The van der Waals surface area contributed by atoms with Gasteiger partial charge in [-0.15, -0.1) is 0 Å². The number of rotatable bonds is 4. The van der Waals surface area contributed by atoms with Crippen molar-refractivity contribution in [2.75, 3.05) is 24.6 Å². The van der Waals surface area contributed by atoms with Crippen LogP contribution in [0.1, 0.15) is 38.5 Å². The van der Waals surface area contributed by atoms with E-state index in [1.165, 1.54) is 27.7 Å². The standard InChI is InChI=1S/C23H30F3N5O7S2/c24-23(25,26)12-28-16(32)5-4-14-19(35)30-15-11-40-39-8-2-1-3-13(9-17(33)29-14)38-18(34)10-27-21(37)22(6-7-22)31-20(15)36/h1,3,13-15H,2,4-12H2,(H,27,37)(H,28,32)(H,29,33)(H,30,35)(H,31,36)/b3-1+/t13-,14+,15-/m0/s1. The minimum Gasteiger partial charge on any atom is -0.456 e. The molecule has 40 heavy (non-hydrogen) atoms. The molecule has 2 heterocycles. The Balaban J connectivity index is 1.86. The van der Waals surface area contributed by atoms with Crippen LogP contribution >= 0.6 is 21.6 Å². The van der Waals surface area contributed by atoms with Crippen molar-refractivity contribution < 1.29 is 46.7 Å². The van der Waals surface area contributed by atoms with Gasteiger partial charge in [0.2, 0.25) is 29.5 Å². The fraction of sp³-hybridized carbons (Fsp3) is 0.652. The Morgan fingerprint density at radius 3 is 2.55 bits per heavy atom. The highest BCUT2D eigenvalue weighted by Gasteiger charge is 2.52. The molecular weight excluding hydrogens is 579 g/mol. The second-order valence-electron chi connectivity index (χ2n) is 9.42. The van der Waals surface area contributed by atoms with Crippen molar-refractivity contribution >= 4 is 57.1 Å². The lowest BCUT2D eigenvalue weighted by molar-refractivity contribution is -0.148. The Bertz CT molecular complexity index is 1040. The van der Waals surface area contributed by atoms with Gasteiger partial charge in [-0.1, -0.05) is 27.7 Å². The van der Waals surface area contributed by atoms with E-state index in [1.54, 1.807) is 11.4 Å². The van der Waals surface area contributed by atoms with E-state index in [2.05, 4.69) is 21.3 Å². The summed E-state index contributed by atoms with van der Waals surface area (Å²) in [6.07, 6.45) is -2.56. The number of amides is 5. The molecule has 1 spiro atoms. The normalized spacial score (nSPS) is 27.3. The molecule has 2 fully saturated rings. The lowest BCUT2D eigenvalue weighted by atomic mass is 10.1. The van der Waals surface area contributed by atoms with E-state index < -0.39 is 91.3 Å². The monoisotopic (exact) mass is 609 g/mol. The fourth-order valence-electron chi connectivity index (χ4n) is 3.80. The number of fused-ring (bicyclic) bond motifs is 7. The van der Waals surface area contributed by atoms with E-state index in [1.807, 2.05) is 0 Å². The molecule has 0 radical (unpaired) electrons. The second kappa shape index (κ2) is 14.1. The largest absolute Gasteiger partial charge is 0.456 e. The third kappa shape index (κ3) is 10.2. The third-order valence-electron chi connectivity index (χ3n) is 6.08. The van der Waals surface area contributed by atoms with Gasteiger partial charge in [0.1, 0.15) is 36.8 Å². The van der Waals surface area contributed by atoms with Crippen LogP contribution in [0.2, 0.25) is 0 Å². The van der Waals surface area contributed by atoms with Crippen LogP contribution in [0.15, 0.2) is 12.2 Å². The molecule has 3 aliphatic rings. The highest BCUT2D eigenvalue weighted by Crippen LogP contribution is 2.36. The third-order valence-corrected chi connectivity index (χ3v) is 8.52. The summed E-state index contributed by atoms with van der Waals surface area (Å²) in [5.74, 6) is -3.96. The Hall–Kier alpha value is -2.95. The Labute approximate surface area is 235 Å². The molecule has 0 aromatic carbocycles.